The molecule has 13 atom stereocenters. The number of aromatic nitrogens is 2. The second kappa shape index (κ2) is 66.6. The minimum absolute atomic E-state index is 0.000277. The van der Waals surface area contributed by atoms with Gasteiger partial charge in [0.15, 0.2) is 5.60 Å². The van der Waals surface area contributed by atoms with Crippen LogP contribution in [0.5, 0.6) is 0 Å². The van der Waals surface area contributed by atoms with E-state index in [0.717, 1.165) is 10.5 Å². The van der Waals surface area contributed by atoms with E-state index in [1.165, 1.54) is 27.7 Å². The van der Waals surface area contributed by atoms with Crippen molar-refractivity contribution in [2.45, 2.75) is 216 Å². The van der Waals surface area contributed by atoms with Crippen LogP contribution in [0.15, 0.2) is 53.3 Å². The van der Waals surface area contributed by atoms with Crippen LogP contribution in [0.4, 0.5) is 19.7 Å². The van der Waals surface area contributed by atoms with Gasteiger partial charge >= 0.3 is 18.1 Å². The van der Waals surface area contributed by atoms with E-state index in [9.17, 15) is 98.7 Å². The number of unbranched alkanes of at least 4 members (excludes halogenated alkanes) is 3. The number of halogens is 1. The first kappa shape index (κ1) is 123. The minimum Gasteiger partial charge on any atom is -0.458 e. The Kier molecular flexibility index (Phi) is 55.5. The molecule has 148 heavy (non-hydrogen) atoms. The summed E-state index contributed by atoms with van der Waals surface area (Å²) in [5, 5.41) is 130. The summed E-state index contributed by atoms with van der Waals surface area (Å²) in [6.07, 6.45) is -10.0. The third-order valence-electron chi connectivity index (χ3n) is 25.1. The molecule has 4 aromatic rings. The molecule has 0 fully saturated rings. The number of rotatable bonds is 78. The first-order valence-electron chi connectivity index (χ1n) is 50.4. The SMILES string of the molecule is CC[C@]1(O)Cc2cc3n(c(=O)c2COC1=O)Cc1c-3nc2cc(F)c(C)c3c2c1[C@@H](NC(=O)OCc1ccc(NC(=O)[C@H](CCCNC(N)=O)NC(=O)[C@@H](NC(=O)[C@H](CCCCNC(=O)CCOCCOCCOCCOCCOCCOCCOCCOCCOCCOCCOCCOCCN(C[C@H](O)[C@@H](O)[C@H](O)[C@H](O)CO)C[C@H](O)[C@@H](O)[C@H](O)[C@H](O)CO)NC(=O)CCCCCN2C(=O)C=CC2=O)C(C)C)cc1)CC3. The van der Waals surface area contributed by atoms with Gasteiger partial charge in [0, 0.05) is 93.4 Å². The Labute approximate surface area is 857 Å². The van der Waals surface area contributed by atoms with Gasteiger partial charge in [0.1, 0.15) is 73.8 Å². The number of aliphatic hydroxyl groups excluding tert-OH is 10. The highest BCUT2D eigenvalue weighted by Gasteiger charge is 2.43. The molecule has 8 rings (SSSR count). The van der Waals surface area contributed by atoms with Crippen LogP contribution in [-0.2, 0) is 137 Å². The van der Waals surface area contributed by atoms with Crippen molar-refractivity contribution >= 4 is 76.0 Å². The highest BCUT2D eigenvalue weighted by atomic mass is 19.1. The normalized spacial score (nSPS) is 17.0. The maximum absolute atomic E-state index is 15.6. The van der Waals surface area contributed by atoms with Crippen LogP contribution in [0, 0.1) is 18.7 Å². The lowest BCUT2D eigenvalue weighted by Gasteiger charge is -2.33. The molecule has 0 radical (unpaired) electrons. The zero-order valence-electron chi connectivity index (χ0n) is 84.6. The van der Waals surface area contributed by atoms with Crippen LogP contribution >= 0.6 is 0 Å². The number of imide groups is 1. The number of aliphatic hydroxyl groups is 11. The predicted molar refractivity (Wildman–Crippen MR) is 525 cm³/mol. The fourth-order valence-electron chi connectivity index (χ4n) is 16.6. The molecule has 830 valence electrons. The van der Waals surface area contributed by atoms with Crippen molar-refractivity contribution in [3.8, 4) is 11.4 Å². The van der Waals surface area contributed by atoms with E-state index in [1.54, 1.807) is 58.0 Å². The van der Waals surface area contributed by atoms with Crippen molar-refractivity contribution in [3.05, 3.63) is 104 Å². The third kappa shape index (κ3) is 41.0. The molecule has 0 unspecified atom stereocenters. The smallest absolute Gasteiger partial charge is 0.407 e. The molecule has 20 N–H and O–H groups in total. The van der Waals surface area contributed by atoms with Gasteiger partial charge in [-0.25, -0.2) is 23.8 Å². The number of nitrogens with one attached hydrogen (secondary N) is 7. The molecule has 0 saturated heterocycles. The molecule has 2 aromatic heterocycles. The topological polar surface area (TPSA) is 674 Å². The number of urea groups is 1. The van der Waals surface area contributed by atoms with E-state index < -0.39 is 176 Å². The summed E-state index contributed by atoms with van der Waals surface area (Å²) in [6, 6.07) is 4.24. The molecule has 10 amide bonds. The zero-order valence-corrected chi connectivity index (χ0v) is 84.6. The van der Waals surface area contributed by atoms with Crippen LogP contribution in [0.25, 0.3) is 22.3 Å². The van der Waals surface area contributed by atoms with Gasteiger partial charge in [0.05, 0.1) is 219 Å². The van der Waals surface area contributed by atoms with Gasteiger partial charge < -0.3 is 170 Å². The molecular weight excluding hydrogens is 1950 g/mol. The van der Waals surface area contributed by atoms with E-state index in [2.05, 4.69) is 37.2 Å². The Morgan fingerprint density at radius 2 is 1.07 bits per heavy atom. The molecule has 0 saturated carbocycles. The Balaban J connectivity index is 0.644. The predicted octanol–water partition coefficient (Wildman–Crippen LogP) is -2.44. The molecule has 2 aromatic carbocycles. The number of amides is 10. The van der Waals surface area contributed by atoms with Crippen LogP contribution in [0.1, 0.15) is 143 Å². The van der Waals surface area contributed by atoms with Crippen molar-refractivity contribution < 1.29 is 175 Å². The molecule has 49 heteroatoms. The van der Waals surface area contributed by atoms with E-state index in [0.29, 0.717) is 201 Å². The van der Waals surface area contributed by atoms with Gasteiger partial charge in [0.25, 0.3) is 17.4 Å². The fourth-order valence-corrected chi connectivity index (χ4v) is 16.6. The number of aryl methyl sites for hydroxylation is 1. The number of esters is 1. The Bertz CT molecular complexity index is 4850. The second-order valence-corrected chi connectivity index (χ2v) is 36.4. The number of benzene rings is 2. The standard InChI is InChI=1S/C99H151FN12O36/c1-5-99(134)54-65-52-75-87-68(55-112(75)95(130)69(65)61-147-96(99)131)85-71(20-19-67-63(4)70(100)53-74(106-87)84(67)85)108-98(133)148-60-64-15-17-66(18-16-64)104-92(127)73(13-11-25-103-97(101)132)107-94(129)86(62(2)3)109-93(128)72(105-81(120)14-7-6-10-26-111-82(121)21-22-83(111)122)12-8-9-24-102-80(119)23-28-135-30-32-137-34-36-139-38-40-141-42-44-143-46-48-145-50-51-146-49-47-144-45-43-142-41-39-140-37-35-138-33-31-136-29-27-110(56-76(115)88(123)90(125)78(117)58-113)57-77(116)89(124)91(126)79(118)59-114/h15-18,21-22,52-53,62,71-73,76-79,86,88-91,113-118,123-126,134H,5-14,19-20,23-51,54-61H2,1-4H3,(H,102,119)(H,104,127)(H,105,120)(H,107,129)(H,108,133)(H,109,128)(H3,101,103,132)/t71-,72-,73-,76-,77-,78+,79+,86-,88+,89+,90+,91+,99-/m0/s1. The first-order valence-corrected chi connectivity index (χ1v) is 50.4. The largest absolute Gasteiger partial charge is 0.458 e. The van der Waals surface area contributed by atoms with Gasteiger partial charge in [-0.2, -0.15) is 0 Å². The molecule has 0 spiro atoms. The van der Waals surface area contributed by atoms with Crippen molar-refractivity contribution in [2.24, 2.45) is 11.7 Å². The number of carbonyl (C=O) groups is 10. The summed E-state index contributed by atoms with van der Waals surface area (Å²) in [4.78, 5) is 154. The minimum atomic E-state index is -1.91. The summed E-state index contributed by atoms with van der Waals surface area (Å²) in [7, 11) is 0. The average Bonchev–Trinajstić information content (AvgIpc) is 1.54. The summed E-state index contributed by atoms with van der Waals surface area (Å²) >= 11 is 0. The molecule has 1 aliphatic carbocycles. The zero-order chi connectivity index (χ0) is 107. The Hall–Kier alpha value is -9.99. The van der Waals surface area contributed by atoms with Gasteiger partial charge in [-0.05, 0) is 123 Å². The average molecular weight is 2100 g/mol. The lowest BCUT2D eigenvalue weighted by atomic mass is 9.82. The maximum atomic E-state index is 15.6. The van der Waals surface area contributed by atoms with Crippen molar-refractivity contribution in [1.82, 2.24) is 51.3 Å². The number of ether oxygens (including phenoxy) is 14. The quantitative estimate of drug-likeness (QED) is 0.0109. The number of nitrogens with zero attached hydrogens (tertiary/aromatic N) is 4. The lowest BCUT2D eigenvalue weighted by molar-refractivity contribution is -0.166. The first-order chi connectivity index (χ1) is 71.2. The summed E-state index contributed by atoms with van der Waals surface area (Å²) in [5.41, 5.74) is 8.04. The Morgan fingerprint density at radius 3 is 1.58 bits per heavy atom. The second-order valence-electron chi connectivity index (χ2n) is 36.4. The Morgan fingerprint density at radius 1 is 0.568 bits per heavy atom. The van der Waals surface area contributed by atoms with Crippen molar-refractivity contribution in [3.63, 3.8) is 0 Å². The van der Waals surface area contributed by atoms with E-state index in [-0.39, 0.29) is 161 Å². The van der Waals surface area contributed by atoms with Gasteiger partial charge in [0.2, 0.25) is 29.5 Å². The van der Waals surface area contributed by atoms with Crippen LogP contribution in [0.3, 0.4) is 0 Å². The number of cyclic esters (lactones) is 1. The highest BCUT2D eigenvalue weighted by Crippen LogP contribution is 2.45. The van der Waals surface area contributed by atoms with E-state index >= 15 is 4.39 Å². The number of alkyl carbamates (subject to hydrolysis) is 1. The number of carbonyl (C=O) groups excluding carboxylic acids is 10. The maximum Gasteiger partial charge on any atom is 0.407 e. The van der Waals surface area contributed by atoms with E-state index in [1.807, 2.05) is 0 Å². The number of primary amides is 1. The molecule has 4 aliphatic rings. The summed E-state index contributed by atoms with van der Waals surface area (Å²) < 4.78 is 94.8. The number of nitrogens with two attached hydrogens (primary N) is 1. The van der Waals surface area contributed by atoms with Crippen molar-refractivity contribution in [2.75, 3.05) is 216 Å². The summed E-state index contributed by atoms with van der Waals surface area (Å²) in [5.74, 6) is -5.57. The molecule has 48 nitrogen and oxygen atoms in total. The number of anilines is 1. The fraction of sp³-hybridized carbons (Fsp3) is 0.677. The van der Waals surface area contributed by atoms with Crippen LogP contribution < -0.4 is 48.5 Å². The molecule has 0 bridgehead atoms. The van der Waals surface area contributed by atoms with E-state index in [4.69, 9.17) is 87.2 Å². The summed E-state index contributed by atoms with van der Waals surface area (Å²) in [6.45, 7) is 11.2. The van der Waals surface area contributed by atoms with Gasteiger partial charge in [-0.3, -0.25) is 48.2 Å². The number of fused-ring (bicyclic) bond motifs is 5. The van der Waals surface area contributed by atoms with Gasteiger partial charge in [-0.1, -0.05) is 39.3 Å². The van der Waals surface area contributed by atoms with Crippen molar-refractivity contribution in [1.29, 1.82) is 0 Å². The highest BCUT2D eigenvalue weighted by molar-refractivity contribution is 6.13. The molecule has 3 aliphatic heterocycles. The monoisotopic (exact) mass is 2100 g/mol. The number of hydrogen-bond acceptors (Lipinski definition) is 38. The van der Waals surface area contributed by atoms with Crippen LogP contribution in [0.2, 0.25) is 0 Å². The lowest BCUT2D eigenvalue weighted by Crippen LogP contribution is -2.57. The molecular formula is C99H151FN12O36. The third-order valence-corrected chi connectivity index (χ3v) is 25.1. The number of hydrogen-bond donors (Lipinski definition) is 19. The molecule has 5 heterocycles. The van der Waals surface area contributed by atoms with Crippen LogP contribution in [-0.4, -0.2) is 419 Å². The van der Waals surface area contributed by atoms with Gasteiger partial charge in [-0.15, -0.1) is 0 Å². The number of pyridine rings is 2.